The molecular weight excluding hydrogens is 566 g/mol. The maximum atomic E-state index is 14.9. The third-order valence-electron chi connectivity index (χ3n) is 8.07. The van der Waals surface area contributed by atoms with Gasteiger partial charge in [-0.3, -0.25) is 9.59 Å². The van der Waals surface area contributed by atoms with Crippen LogP contribution in [0.1, 0.15) is 30.0 Å². The maximum absolute atomic E-state index is 14.9. The third-order valence-corrected chi connectivity index (χ3v) is 8.31. The summed E-state index contributed by atoms with van der Waals surface area (Å²) in [4.78, 5) is 27.5. The number of allylic oxidation sites excluding steroid dienone is 4. The van der Waals surface area contributed by atoms with Gasteiger partial charge in [0.1, 0.15) is 40.9 Å². The van der Waals surface area contributed by atoms with Crippen molar-refractivity contribution in [1.29, 1.82) is 0 Å². The zero-order valence-corrected chi connectivity index (χ0v) is 23.0. The highest BCUT2D eigenvalue weighted by molar-refractivity contribution is 6.31. The highest BCUT2D eigenvalue weighted by Crippen LogP contribution is 2.58. The van der Waals surface area contributed by atoms with E-state index in [9.17, 15) is 18.4 Å². The standard InChI is InChI=1S/C32H27ClF2N2O5/c33-19-4-10-25-27(15-19)36-31(40)32(25)26(18-2-1-3-20(34)14-18)17-29(39)37-30(32)24-16-21(35)5-11-28(24)42-23-8-6-22(7-9-23)41-13-12-38/h1,3-11,14-16,18,26,30,38H,2,12-13,17H2,(H,36,40)(H,37,39)/t18?,26-,30+,32-/m0/s1. The number of halogens is 3. The van der Waals surface area contributed by atoms with Crippen LogP contribution in [0.25, 0.3) is 0 Å². The maximum Gasteiger partial charge on any atom is 0.237 e. The van der Waals surface area contributed by atoms with Gasteiger partial charge in [-0.1, -0.05) is 23.7 Å². The van der Waals surface area contributed by atoms with Crippen molar-refractivity contribution in [2.75, 3.05) is 18.5 Å². The summed E-state index contributed by atoms with van der Waals surface area (Å²) in [6.45, 7) is 0.00704. The summed E-state index contributed by atoms with van der Waals surface area (Å²) in [6, 6.07) is 14.5. The van der Waals surface area contributed by atoms with Gasteiger partial charge in [0.15, 0.2) is 0 Å². The molecule has 216 valence electrons. The lowest BCUT2D eigenvalue weighted by Gasteiger charge is -2.48. The van der Waals surface area contributed by atoms with Crippen LogP contribution in [0, 0.1) is 17.7 Å². The van der Waals surface area contributed by atoms with E-state index in [4.69, 9.17) is 26.2 Å². The molecule has 7 nitrogen and oxygen atoms in total. The van der Waals surface area contributed by atoms with Gasteiger partial charge in [-0.25, -0.2) is 8.78 Å². The molecule has 0 aromatic heterocycles. The van der Waals surface area contributed by atoms with E-state index < -0.39 is 40.8 Å². The van der Waals surface area contributed by atoms with Crippen LogP contribution in [0.5, 0.6) is 17.2 Å². The van der Waals surface area contributed by atoms with E-state index in [0.29, 0.717) is 34.2 Å². The highest BCUT2D eigenvalue weighted by atomic mass is 35.5. The molecule has 1 spiro atoms. The largest absolute Gasteiger partial charge is 0.491 e. The van der Waals surface area contributed by atoms with Gasteiger partial charge in [-0.2, -0.15) is 0 Å². The molecule has 1 fully saturated rings. The number of aliphatic hydroxyl groups is 1. The van der Waals surface area contributed by atoms with Gasteiger partial charge in [0, 0.05) is 22.7 Å². The number of hydrogen-bond donors (Lipinski definition) is 3. The van der Waals surface area contributed by atoms with Crippen molar-refractivity contribution in [3.05, 3.63) is 107 Å². The summed E-state index contributed by atoms with van der Waals surface area (Å²) < 4.78 is 41.1. The van der Waals surface area contributed by atoms with E-state index in [1.165, 1.54) is 30.4 Å². The van der Waals surface area contributed by atoms with E-state index in [1.54, 1.807) is 48.5 Å². The molecule has 2 amide bonds. The quantitative estimate of drug-likeness (QED) is 0.306. The summed E-state index contributed by atoms with van der Waals surface area (Å²) in [5.41, 5.74) is -0.126. The number of piperidine rings is 1. The minimum Gasteiger partial charge on any atom is -0.491 e. The van der Waals surface area contributed by atoms with Crippen molar-refractivity contribution in [3.8, 4) is 17.2 Å². The van der Waals surface area contributed by atoms with Gasteiger partial charge < -0.3 is 25.2 Å². The number of carbonyl (C=O) groups excluding carboxylic acids is 2. The Morgan fingerprint density at radius 3 is 2.57 bits per heavy atom. The van der Waals surface area contributed by atoms with Crippen LogP contribution in [0.15, 0.2) is 84.7 Å². The van der Waals surface area contributed by atoms with Crippen LogP contribution < -0.4 is 20.1 Å². The smallest absolute Gasteiger partial charge is 0.237 e. The van der Waals surface area contributed by atoms with Crippen LogP contribution in [-0.2, 0) is 15.0 Å². The Balaban J connectivity index is 1.49. The van der Waals surface area contributed by atoms with Crippen molar-refractivity contribution in [1.82, 2.24) is 5.32 Å². The molecule has 2 aliphatic heterocycles. The predicted octanol–water partition coefficient (Wildman–Crippen LogP) is 6.14. The molecule has 1 aliphatic carbocycles. The topological polar surface area (TPSA) is 96.9 Å². The van der Waals surface area contributed by atoms with Gasteiger partial charge in [-0.05, 0) is 90.6 Å². The molecule has 3 N–H and O–H groups in total. The van der Waals surface area contributed by atoms with Gasteiger partial charge in [0.2, 0.25) is 11.8 Å². The average Bonchev–Trinajstić information content (AvgIpc) is 3.25. The molecule has 0 saturated carbocycles. The van der Waals surface area contributed by atoms with Crippen molar-refractivity contribution >= 4 is 29.1 Å². The Morgan fingerprint density at radius 2 is 1.81 bits per heavy atom. The van der Waals surface area contributed by atoms with Gasteiger partial charge in [-0.15, -0.1) is 0 Å². The minimum atomic E-state index is -1.44. The van der Waals surface area contributed by atoms with Crippen LogP contribution in [0.4, 0.5) is 14.5 Å². The lowest BCUT2D eigenvalue weighted by atomic mass is 9.57. The average molecular weight is 593 g/mol. The number of amides is 2. The Kier molecular flexibility index (Phi) is 7.47. The minimum absolute atomic E-state index is 0.0465. The molecule has 3 aromatic rings. The van der Waals surface area contributed by atoms with Crippen molar-refractivity contribution < 1.29 is 33.0 Å². The third kappa shape index (κ3) is 4.92. The lowest BCUT2D eigenvalue weighted by Crippen LogP contribution is -2.59. The van der Waals surface area contributed by atoms with E-state index in [1.807, 2.05) is 0 Å². The molecule has 1 unspecified atom stereocenters. The van der Waals surface area contributed by atoms with Crippen LogP contribution in [0.3, 0.4) is 0 Å². The van der Waals surface area contributed by atoms with Gasteiger partial charge in [0.25, 0.3) is 0 Å². The molecule has 1 saturated heterocycles. The van der Waals surface area contributed by atoms with E-state index >= 15 is 0 Å². The number of nitrogens with one attached hydrogen (secondary N) is 2. The summed E-state index contributed by atoms with van der Waals surface area (Å²) in [7, 11) is 0. The van der Waals surface area contributed by atoms with E-state index in [-0.39, 0.29) is 36.9 Å². The second-order valence-corrected chi connectivity index (χ2v) is 10.9. The fourth-order valence-electron chi connectivity index (χ4n) is 6.38. The van der Waals surface area contributed by atoms with E-state index in [2.05, 4.69) is 10.6 Å². The molecule has 2 heterocycles. The second kappa shape index (κ2) is 11.2. The second-order valence-electron chi connectivity index (χ2n) is 10.5. The molecule has 4 atom stereocenters. The number of carbonyl (C=O) groups is 2. The molecule has 6 rings (SSSR count). The van der Waals surface area contributed by atoms with Crippen molar-refractivity contribution in [2.45, 2.75) is 24.3 Å². The highest BCUT2D eigenvalue weighted by Gasteiger charge is 2.62. The number of benzene rings is 3. The monoisotopic (exact) mass is 592 g/mol. The first-order valence-corrected chi connectivity index (χ1v) is 13.9. The lowest BCUT2D eigenvalue weighted by molar-refractivity contribution is -0.135. The molecule has 3 aromatic carbocycles. The van der Waals surface area contributed by atoms with Gasteiger partial charge >= 0.3 is 0 Å². The molecule has 42 heavy (non-hydrogen) atoms. The first kappa shape index (κ1) is 27.9. The number of rotatable bonds is 7. The summed E-state index contributed by atoms with van der Waals surface area (Å²) in [5, 5.41) is 15.3. The zero-order chi connectivity index (χ0) is 29.4. The number of fused-ring (bicyclic) bond motifs is 2. The van der Waals surface area contributed by atoms with E-state index in [0.717, 1.165) is 0 Å². The van der Waals surface area contributed by atoms with Crippen LogP contribution in [-0.4, -0.2) is 30.1 Å². The summed E-state index contributed by atoms with van der Waals surface area (Å²) in [5.74, 6) is -1.79. The molecule has 10 heteroatoms. The first-order chi connectivity index (χ1) is 20.3. The van der Waals surface area contributed by atoms with Gasteiger partial charge in [0.05, 0.1) is 12.6 Å². The summed E-state index contributed by atoms with van der Waals surface area (Å²) in [6.07, 6.45) is 4.88. The van der Waals surface area contributed by atoms with Crippen molar-refractivity contribution in [3.63, 3.8) is 0 Å². The van der Waals surface area contributed by atoms with Crippen LogP contribution in [0.2, 0.25) is 5.02 Å². The Hall–Kier alpha value is -4.21. The molecule has 0 radical (unpaired) electrons. The number of hydrogen-bond acceptors (Lipinski definition) is 5. The SMILES string of the molecule is O=C1C[C@@H](C2C=C(F)C=CC2)[C@]2(C(=O)Nc3cc(Cl)ccc32)[C@@H](c2cc(F)ccc2Oc2ccc(OCCO)cc2)N1. The Morgan fingerprint density at radius 1 is 1.02 bits per heavy atom. The molecule has 3 aliphatic rings. The number of ether oxygens (including phenoxy) is 2. The first-order valence-electron chi connectivity index (χ1n) is 13.6. The van der Waals surface area contributed by atoms with Crippen LogP contribution >= 0.6 is 11.6 Å². The van der Waals surface area contributed by atoms with Crippen molar-refractivity contribution in [2.24, 2.45) is 11.8 Å². The zero-order valence-electron chi connectivity index (χ0n) is 22.3. The Bertz CT molecular complexity index is 1610. The predicted molar refractivity (Wildman–Crippen MR) is 153 cm³/mol. The Labute approximate surface area is 245 Å². The number of anilines is 1. The summed E-state index contributed by atoms with van der Waals surface area (Å²) >= 11 is 6.27. The normalized spacial score (nSPS) is 24.6. The number of aliphatic hydroxyl groups excluding tert-OH is 1. The molecule has 0 bridgehead atoms. The fourth-order valence-corrected chi connectivity index (χ4v) is 6.55. The fraction of sp³-hybridized carbons (Fsp3) is 0.250. The molecular formula is C32H27ClF2N2O5.